The van der Waals surface area contributed by atoms with Crippen molar-refractivity contribution in [3.63, 3.8) is 0 Å². The molecule has 762 valence electrons. The van der Waals surface area contributed by atoms with Gasteiger partial charge >= 0.3 is 0 Å². The number of piperazine rings is 4. The third kappa shape index (κ3) is 52.3. The first-order chi connectivity index (χ1) is 65.5. The normalized spacial score (nSPS) is 18.4. The molecule has 135 heavy (non-hydrogen) atoms. The molecule has 0 aromatic heterocycles. The Balaban J connectivity index is 0.000000221. The van der Waals surface area contributed by atoms with Gasteiger partial charge in [0.1, 0.15) is 36.2 Å². The summed E-state index contributed by atoms with van der Waals surface area (Å²) in [5, 5.41) is 16.2. The van der Waals surface area contributed by atoms with Gasteiger partial charge in [-0.05, 0) is 249 Å². The van der Waals surface area contributed by atoms with E-state index in [9.17, 15) is 28.8 Å². The minimum atomic E-state index is 0.0837. The maximum Gasteiger partial charge on any atom is 0.233 e. The Bertz CT molecular complexity index is 3470. The maximum atomic E-state index is 11.4. The highest BCUT2D eigenvalue weighted by Crippen LogP contribution is 2.25. The number of unbranched alkanes of at least 4 members (excludes halogenated alkanes) is 3. The maximum absolute atomic E-state index is 11.4. The molecular formula is C105H180N18O12. The summed E-state index contributed by atoms with van der Waals surface area (Å²) in [7, 11) is 10.2. The van der Waals surface area contributed by atoms with Crippen LogP contribution in [0.15, 0.2) is 97.1 Å². The van der Waals surface area contributed by atoms with Gasteiger partial charge in [0.15, 0.2) is 0 Å². The average molecular weight is 1890 g/mol. The van der Waals surface area contributed by atoms with Crippen LogP contribution in [0, 0.1) is 51.4 Å². The number of benzene rings is 4. The van der Waals surface area contributed by atoms with Crippen molar-refractivity contribution in [2.75, 3.05) is 331 Å². The highest BCUT2D eigenvalue weighted by atomic mass is 16.5. The largest absolute Gasteiger partial charge is 0.494 e. The van der Waals surface area contributed by atoms with Crippen molar-refractivity contribution in [1.82, 2.24) is 90.7 Å². The molecule has 8 aliphatic heterocycles. The Morgan fingerprint density at radius 2 is 0.452 bits per heavy atom. The van der Waals surface area contributed by atoms with Gasteiger partial charge in [-0.3, -0.25) is 58.2 Å². The summed E-state index contributed by atoms with van der Waals surface area (Å²) >= 11 is 0. The highest BCUT2D eigenvalue weighted by Gasteiger charge is 2.27. The number of carbonyl (C=O) groups is 6. The van der Waals surface area contributed by atoms with Gasteiger partial charge in [0.2, 0.25) is 35.4 Å². The van der Waals surface area contributed by atoms with Crippen LogP contribution in [0.3, 0.4) is 0 Å². The second-order valence-electron chi connectivity index (χ2n) is 38.2. The number of rotatable bonds is 45. The van der Waals surface area contributed by atoms with Gasteiger partial charge in [0.05, 0.1) is 65.8 Å². The zero-order valence-corrected chi connectivity index (χ0v) is 85.5. The van der Waals surface area contributed by atoms with Gasteiger partial charge in [0.25, 0.3) is 0 Å². The van der Waals surface area contributed by atoms with Crippen LogP contribution in [0.1, 0.15) is 132 Å². The van der Waals surface area contributed by atoms with Crippen molar-refractivity contribution in [2.24, 2.45) is 23.7 Å². The predicted molar refractivity (Wildman–Crippen MR) is 545 cm³/mol. The van der Waals surface area contributed by atoms with Gasteiger partial charge < -0.3 is 89.7 Å². The predicted octanol–water partition coefficient (Wildman–Crippen LogP) is 8.07. The van der Waals surface area contributed by atoms with Crippen molar-refractivity contribution in [3.05, 3.63) is 119 Å². The van der Waals surface area contributed by atoms with Crippen molar-refractivity contribution in [2.45, 2.75) is 138 Å². The summed E-state index contributed by atoms with van der Waals surface area (Å²) in [6.45, 7) is 55.3. The van der Waals surface area contributed by atoms with E-state index in [0.29, 0.717) is 83.9 Å². The van der Waals surface area contributed by atoms with Crippen LogP contribution in [-0.4, -0.2) is 425 Å². The topological polar surface area (TPSA) is 269 Å². The molecule has 6 N–H and O–H groups in total. The van der Waals surface area contributed by atoms with Gasteiger partial charge in [0, 0.05) is 199 Å². The van der Waals surface area contributed by atoms with E-state index in [1.54, 1.807) is 42.3 Å². The number of nitrogens with zero attached hydrogens (tertiary/aromatic N) is 12. The number of carbonyl (C=O) groups excluding carboxylic acids is 6. The van der Waals surface area contributed by atoms with Crippen LogP contribution in [0.2, 0.25) is 0 Å². The number of nitrogens with one attached hydrogen (secondary N) is 6. The van der Waals surface area contributed by atoms with E-state index in [4.69, 9.17) is 28.4 Å². The zero-order valence-electron chi connectivity index (χ0n) is 85.5. The number of amides is 6. The quantitative estimate of drug-likeness (QED) is 0.0228. The molecule has 0 radical (unpaired) electrons. The molecule has 0 atom stereocenters. The summed E-state index contributed by atoms with van der Waals surface area (Å²) < 4.78 is 34.1. The molecular weight excluding hydrogens is 1710 g/mol. The molecule has 0 unspecified atom stereocenters. The lowest BCUT2D eigenvalue weighted by Crippen LogP contribution is -2.50. The summed E-state index contributed by atoms with van der Waals surface area (Å²) in [5.74, 6) is 7.45. The van der Waals surface area contributed by atoms with Crippen molar-refractivity contribution < 1.29 is 57.2 Å². The van der Waals surface area contributed by atoms with Gasteiger partial charge in [-0.25, -0.2) is 0 Å². The van der Waals surface area contributed by atoms with Crippen LogP contribution in [0.25, 0.3) is 0 Å². The van der Waals surface area contributed by atoms with Crippen molar-refractivity contribution in [1.29, 1.82) is 0 Å². The smallest absolute Gasteiger partial charge is 0.233 e. The van der Waals surface area contributed by atoms with Gasteiger partial charge in [-0.2, -0.15) is 0 Å². The number of hydrogen-bond donors (Lipinski definition) is 6. The molecule has 8 saturated heterocycles. The fourth-order valence-corrected chi connectivity index (χ4v) is 17.5. The van der Waals surface area contributed by atoms with E-state index >= 15 is 0 Å². The number of likely N-dealkylation sites (N-methyl/N-ethyl adjacent to an activating group) is 4. The Hall–Kier alpha value is -7.66. The van der Waals surface area contributed by atoms with E-state index in [-0.39, 0.29) is 35.4 Å². The summed E-state index contributed by atoms with van der Waals surface area (Å²) in [4.78, 5) is 97.2. The zero-order chi connectivity index (χ0) is 96.8. The lowest BCUT2D eigenvalue weighted by molar-refractivity contribution is -0.123. The van der Waals surface area contributed by atoms with Crippen LogP contribution >= 0.6 is 0 Å². The molecule has 8 heterocycles. The first-order valence-electron chi connectivity index (χ1n) is 51.4. The molecule has 4 aromatic rings. The molecule has 0 bridgehead atoms. The van der Waals surface area contributed by atoms with Crippen molar-refractivity contribution >= 4 is 35.4 Å². The summed E-state index contributed by atoms with van der Waals surface area (Å²) in [6, 6.07) is 32.5. The van der Waals surface area contributed by atoms with E-state index in [1.165, 1.54) is 139 Å². The standard InChI is InChI=1S/C19H31N3O2.C19H30N2O3.C18H29N3O3.C18H29N3O2.C16H31N3O.C15H30N4O/c1-17-6-8-18(9-7-17)24-15-5-3-4-10-21-11-13-22(14-12-21)16-19(23)20-2;1-16-3-5-18(6-4-16)24-14-13-23-12-11-21-9-7-17(8-10-21)15-19(22)20-2;1-16-3-5-17(6-4-16)24-14-13-23-12-11-20-7-9-21(10-8-20)15-18(22)19-2;1-16-5-7-17(8-6-16)23-14-4-3-9-20-10-12-21(13-11-20)15-18(22)19-2;1-14-3-7-18(8-4-14)11-12-19-9-5-15(6-10-19)13-16(20)17-2;1-14-3-5-17(6-4-14)7-8-18-9-11-19(12-10-18)13-15(20)16-2/h6-9H,3-5,10-16H2,1-2H3,(H,20,23);3-6,17H,7-15H2,1-2H3,(H,20,22);3-6H,7-15H2,1-2H3,(H,19,22);5-8H,3-4,9-15H2,1-2H3,(H,19,22);14-15H,3-13H2,1-2H3,(H,17,20);14H,3-13H2,1-2H3,(H,16,20). The minimum Gasteiger partial charge on any atom is -0.494 e. The lowest BCUT2D eigenvalue weighted by Gasteiger charge is -2.36. The van der Waals surface area contributed by atoms with E-state index in [1.807, 2.05) is 72.8 Å². The number of ether oxygens (including phenoxy) is 6. The van der Waals surface area contributed by atoms with Gasteiger partial charge in [-0.1, -0.05) is 84.6 Å². The van der Waals surface area contributed by atoms with Crippen molar-refractivity contribution in [3.8, 4) is 23.0 Å². The Morgan fingerprint density at radius 1 is 0.237 bits per heavy atom. The molecule has 8 aliphatic rings. The number of likely N-dealkylation sites (tertiary alicyclic amines) is 4. The van der Waals surface area contributed by atoms with Gasteiger partial charge in [-0.15, -0.1) is 0 Å². The van der Waals surface area contributed by atoms with E-state index in [2.05, 4.69) is 157 Å². The van der Waals surface area contributed by atoms with Crippen LogP contribution in [0.5, 0.6) is 23.0 Å². The van der Waals surface area contributed by atoms with Crippen LogP contribution in [0.4, 0.5) is 0 Å². The third-order valence-corrected chi connectivity index (χ3v) is 27.3. The van der Waals surface area contributed by atoms with Crippen LogP contribution in [-0.2, 0) is 38.2 Å². The summed E-state index contributed by atoms with van der Waals surface area (Å²) in [5.41, 5.74) is 4.98. The lowest BCUT2D eigenvalue weighted by atomic mass is 9.93. The molecule has 0 spiro atoms. The molecule has 0 aliphatic carbocycles. The number of hydrogen-bond acceptors (Lipinski definition) is 24. The first-order valence-corrected chi connectivity index (χ1v) is 51.4. The number of piperidine rings is 4. The van der Waals surface area contributed by atoms with E-state index in [0.717, 1.165) is 231 Å². The molecule has 6 amide bonds. The van der Waals surface area contributed by atoms with E-state index < -0.39 is 0 Å². The molecule has 4 aromatic carbocycles. The SMILES string of the molecule is CNC(=O)CC1CCN(CCN2CCC(C)CC2)CC1.CNC(=O)CC1CCN(CCOCCOc2ccc(C)cc2)CC1.CNC(=O)CN1CCN(CCCCCOc2ccc(C)cc2)CC1.CNC(=O)CN1CCN(CCCCOc2ccc(C)cc2)CC1.CNC(=O)CN1CCN(CCN2CCC(C)CC2)CC1.CNC(=O)CN1CCN(CCOCCOc2ccc(C)cc2)CC1. The first kappa shape index (κ1) is 114. The Kier molecular flexibility index (Phi) is 58.6. The molecule has 12 rings (SSSR count). The fourth-order valence-electron chi connectivity index (χ4n) is 17.5. The molecule has 0 saturated carbocycles. The second kappa shape index (κ2) is 69.2. The minimum absolute atomic E-state index is 0.0837. The second-order valence-corrected chi connectivity index (χ2v) is 38.2. The third-order valence-electron chi connectivity index (χ3n) is 27.3. The summed E-state index contributed by atoms with van der Waals surface area (Å²) in [6.07, 6.45) is 17.2. The molecule has 30 nitrogen and oxygen atoms in total. The Morgan fingerprint density at radius 3 is 0.726 bits per heavy atom. The molecule has 30 heteroatoms. The molecule has 8 fully saturated rings. The van der Waals surface area contributed by atoms with Crippen LogP contribution < -0.4 is 50.8 Å². The Labute approximate surface area is 813 Å². The number of aryl methyl sites for hydroxylation is 4. The average Bonchev–Trinajstić information content (AvgIpc) is 0.887. The fraction of sp³-hybridized carbons (Fsp3) is 0.714. The highest BCUT2D eigenvalue weighted by molar-refractivity contribution is 5.79. The monoisotopic (exact) mass is 1890 g/mol.